The highest BCUT2D eigenvalue weighted by Crippen LogP contribution is 2.33. The van der Waals surface area contributed by atoms with Gasteiger partial charge >= 0.3 is 0 Å². The van der Waals surface area contributed by atoms with Crippen molar-refractivity contribution in [2.24, 2.45) is 0 Å². The molecule has 0 aliphatic rings. The summed E-state index contributed by atoms with van der Waals surface area (Å²) >= 11 is 24.9. The lowest BCUT2D eigenvalue weighted by atomic mass is 10.1. The zero-order chi connectivity index (χ0) is 29.8. The Morgan fingerprint density at radius 1 is 0.875 bits per heavy atom. The van der Waals surface area contributed by atoms with Crippen LogP contribution in [-0.4, -0.2) is 43.3 Å². The third-order valence-corrected chi connectivity index (χ3v) is 8.86. The van der Waals surface area contributed by atoms with Crippen LogP contribution < -0.4 is 9.62 Å². The van der Waals surface area contributed by atoms with Crippen molar-refractivity contribution >= 4 is 73.9 Å². The van der Waals surface area contributed by atoms with E-state index in [4.69, 9.17) is 46.4 Å². The average molecular weight is 645 g/mol. The van der Waals surface area contributed by atoms with Crippen molar-refractivity contribution in [1.82, 2.24) is 10.2 Å². The summed E-state index contributed by atoms with van der Waals surface area (Å²) in [5, 5.41) is 3.78. The highest BCUT2D eigenvalue weighted by Gasteiger charge is 2.34. The zero-order valence-electron chi connectivity index (χ0n) is 22.3. The molecule has 0 spiro atoms. The fourth-order valence-electron chi connectivity index (χ4n) is 3.80. The number of rotatable bonds is 9. The Kier molecular flexibility index (Phi) is 10.4. The number of amides is 2. The predicted molar refractivity (Wildman–Crippen MR) is 162 cm³/mol. The fourth-order valence-corrected chi connectivity index (χ4v) is 6.00. The Morgan fingerprint density at radius 2 is 1.50 bits per heavy atom. The number of carbonyl (C=O) groups excluding carboxylic acids is 2. The molecular formula is C28H29Cl4N3O4S. The summed E-state index contributed by atoms with van der Waals surface area (Å²) in [6.45, 7) is 6.32. The van der Waals surface area contributed by atoms with E-state index in [1.807, 2.05) is 20.8 Å². The molecule has 3 rings (SSSR count). The van der Waals surface area contributed by atoms with Gasteiger partial charge in [0, 0.05) is 17.1 Å². The maximum atomic E-state index is 14.0. The van der Waals surface area contributed by atoms with Gasteiger partial charge in [0.15, 0.2) is 0 Å². The van der Waals surface area contributed by atoms with Gasteiger partial charge in [0.2, 0.25) is 11.8 Å². The van der Waals surface area contributed by atoms with Crippen molar-refractivity contribution in [1.29, 1.82) is 0 Å². The Hall–Kier alpha value is -2.49. The van der Waals surface area contributed by atoms with Crippen LogP contribution in [0, 0.1) is 0 Å². The molecule has 3 aromatic carbocycles. The van der Waals surface area contributed by atoms with Crippen LogP contribution in [0.2, 0.25) is 20.1 Å². The zero-order valence-corrected chi connectivity index (χ0v) is 26.1. The smallest absolute Gasteiger partial charge is 0.264 e. The van der Waals surface area contributed by atoms with Gasteiger partial charge in [-0.3, -0.25) is 13.9 Å². The molecule has 0 aromatic heterocycles. The first-order valence-corrected chi connectivity index (χ1v) is 15.1. The lowest BCUT2D eigenvalue weighted by Gasteiger charge is -2.33. The lowest BCUT2D eigenvalue weighted by molar-refractivity contribution is -0.140. The second kappa shape index (κ2) is 13.0. The van der Waals surface area contributed by atoms with Crippen LogP contribution in [0.25, 0.3) is 0 Å². The highest BCUT2D eigenvalue weighted by molar-refractivity contribution is 7.92. The normalized spacial score (nSPS) is 12.5. The number of halogens is 4. The summed E-state index contributed by atoms with van der Waals surface area (Å²) in [5.74, 6) is -1.07. The summed E-state index contributed by atoms with van der Waals surface area (Å²) < 4.78 is 28.6. The van der Waals surface area contributed by atoms with Gasteiger partial charge in [-0.15, -0.1) is 0 Å². The molecule has 2 amide bonds. The number of nitrogens with zero attached hydrogens (tertiary/aromatic N) is 2. The van der Waals surface area contributed by atoms with Crippen LogP contribution in [0.4, 0.5) is 5.69 Å². The van der Waals surface area contributed by atoms with Crippen molar-refractivity contribution in [2.75, 3.05) is 10.8 Å². The number of sulfonamides is 1. The third-order valence-electron chi connectivity index (χ3n) is 5.79. The van der Waals surface area contributed by atoms with Crippen molar-refractivity contribution in [3.8, 4) is 0 Å². The Bertz CT molecular complexity index is 1500. The monoisotopic (exact) mass is 643 g/mol. The molecule has 0 saturated carbocycles. The van der Waals surface area contributed by atoms with Gasteiger partial charge in [-0.2, -0.15) is 0 Å². The van der Waals surface area contributed by atoms with E-state index in [9.17, 15) is 18.0 Å². The first-order valence-electron chi connectivity index (χ1n) is 12.2. The van der Waals surface area contributed by atoms with E-state index >= 15 is 0 Å². The summed E-state index contributed by atoms with van der Waals surface area (Å²) in [6.07, 6.45) is 0. The quantitative estimate of drug-likeness (QED) is 0.277. The second-order valence-corrected chi connectivity index (χ2v) is 13.6. The van der Waals surface area contributed by atoms with E-state index in [-0.39, 0.29) is 32.2 Å². The minimum absolute atomic E-state index is 0.0210. The molecule has 0 bridgehead atoms. The molecular weight excluding hydrogens is 616 g/mol. The van der Waals surface area contributed by atoms with Crippen LogP contribution in [0.15, 0.2) is 71.6 Å². The maximum Gasteiger partial charge on any atom is 0.264 e. The molecule has 0 fully saturated rings. The van der Waals surface area contributed by atoms with E-state index in [1.165, 1.54) is 35.2 Å². The van der Waals surface area contributed by atoms with Crippen molar-refractivity contribution in [3.63, 3.8) is 0 Å². The predicted octanol–water partition coefficient (Wildman–Crippen LogP) is 6.83. The molecule has 0 unspecified atom stereocenters. The molecule has 40 heavy (non-hydrogen) atoms. The molecule has 0 heterocycles. The molecule has 1 atom stereocenters. The first-order chi connectivity index (χ1) is 18.6. The molecule has 0 aliphatic heterocycles. The van der Waals surface area contributed by atoms with Crippen LogP contribution in [0.5, 0.6) is 0 Å². The van der Waals surface area contributed by atoms with Crippen molar-refractivity contribution < 1.29 is 18.0 Å². The number of carbonyl (C=O) groups is 2. The maximum absolute atomic E-state index is 14.0. The van der Waals surface area contributed by atoms with E-state index in [0.717, 1.165) is 4.31 Å². The van der Waals surface area contributed by atoms with Gasteiger partial charge in [-0.1, -0.05) is 70.7 Å². The minimum Gasteiger partial charge on any atom is -0.350 e. The van der Waals surface area contributed by atoms with Gasteiger partial charge in [-0.05, 0) is 75.7 Å². The van der Waals surface area contributed by atoms with Crippen LogP contribution >= 0.6 is 46.4 Å². The summed E-state index contributed by atoms with van der Waals surface area (Å²) in [5.41, 5.74) is 0.0461. The van der Waals surface area contributed by atoms with Crippen molar-refractivity contribution in [3.05, 3.63) is 92.4 Å². The Balaban J connectivity index is 2.08. The summed E-state index contributed by atoms with van der Waals surface area (Å²) in [4.78, 5) is 28.4. The van der Waals surface area contributed by atoms with E-state index in [2.05, 4.69) is 5.32 Å². The van der Waals surface area contributed by atoms with E-state index in [0.29, 0.717) is 10.6 Å². The highest BCUT2D eigenvalue weighted by atomic mass is 35.5. The summed E-state index contributed by atoms with van der Waals surface area (Å²) in [7, 11) is -4.28. The van der Waals surface area contributed by atoms with Gasteiger partial charge in [0.25, 0.3) is 10.0 Å². The van der Waals surface area contributed by atoms with Crippen LogP contribution in [0.1, 0.15) is 33.3 Å². The topological polar surface area (TPSA) is 86.8 Å². The number of hydrogen-bond acceptors (Lipinski definition) is 4. The second-order valence-electron chi connectivity index (χ2n) is 10.1. The lowest BCUT2D eigenvalue weighted by Crippen LogP contribution is -2.54. The molecule has 1 N–H and O–H groups in total. The van der Waals surface area contributed by atoms with Gasteiger partial charge < -0.3 is 10.2 Å². The number of nitrogens with one attached hydrogen (secondary N) is 1. The molecule has 3 aromatic rings. The molecule has 214 valence electrons. The van der Waals surface area contributed by atoms with Gasteiger partial charge in [-0.25, -0.2) is 8.42 Å². The number of benzene rings is 3. The molecule has 0 aliphatic carbocycles. The van der Waals surface area contributed by atoms with E-state index < -0.39 is 40.0 Å². The molecule has 7 nitrogen and oxygen atoms in total. The van der Waals surface area contributed by atoms with Gasteiger partial charge in [0.1, 0.15) is 12.6 Å². The SMILES string of the molecule is C[C@H](C(=O)NC(C)(C)C)N(Cc1ccc(Cl)c(Cl)c1)C(=O)CN(c1cc(Cl)ccc1Cl)S(=O)(=O)c1ccccc1. The number of anilines is 1. The molecule has 0 radical (unpaired) electrons. The van der Waals surface area contributed by atoms with Gasteiger partial charge in [0.05, 0.1) is 25.7 Å². The minimum atomic E-state index is -4.28. The third kappa shape index (κ3) is 8.04. The standard InChI is InChI=1S/C28H29Cl4N3O4S/c1-18(27(37)33-28(2,3)4)34(16-19-10-12-22(30)24(32)14-19)26(36)17-35(25-15-20(29)11-13-23(25)31)40(38,39)21-8-6-5-7-9-21/h5-15,18H,16-17H2,1-4H3,(H,33,37)/t18-/m1/s1. The Morgan fingerprint density at radius 3 is 2.10 bits per heavy atom. The largest absolute Gasteiger partial charge is 0.350 e. The van der Waals surface area contributed by atoms with Crippen LogP contribution in [-0.2, 0) is 26.2 Å². The molecule has 12 heteroatoms. The molecule has 0 saturated heterocycles. The average Bonchev–Trinajstić information content (AvgIpc) is 2.88. The van der Waals surface area contributed by atoms with Crippen LogP contribution in [0.3, 0.4) is 0 Å². The summed E-state index contributed by atoms with van der Waals surface area (Å²) in [6, 6.07) is 15.9. The number of hydrogen-bond donors (Lipinski definition) is 1. The van der Waals surface area contributed by atoms with Crippen molar-refractivity contribution in [2.45, 2.75) is 50.7 Å². The van der Waals surface area contributed by atoms with E-state index in [1.54, 1.807) is 43.3 Å². The first kappa shape index (κ1) is 32.0. The Labute approximate surface area is 255 Å². The fraction of sp³-hybridized carbons (Fsp3) is 0.286.